The molecule has 2 fully saturated rings. The molecule has 0 spiro atoms. The molecule has 6 heteroatoms. The molecular weight excluding hydrogens is 395 g/mol. The molecule has 1 saturated heterocycles. The first kappa shape index (κ1) is 20.2. The van der Waals surface area contributed by atoms with Gasteiger partial charge in [-0.2, -0.15) is 0 Å². The van der Waals surface area contributed by atoms with E-state index in [0.717, 1.165) is 22.9 Å². The van der Waals surface area contributed by atoms with Crippen LogP contribution in [0.5, 0.6) is 0 Å². The number of hydrogen-bond donors (Lipinski definition) is 1. The van der Waals surface area contributed by atoms with E-state index in [2.05, 4.69) is 17.1 Å². The number of benzene rings is 2. The largest absolute Gasteiger partial charge is 0.361 e. The lowest BCUT2D eigenvalue weighted by Gasteiger charge is -2.26. The van der Waals surface area contributed by atoms with E-state index >= 15 is 0 Å². The molecule has 162 valence electrons. The van der Waals surface area contributed by atoms with Gasteiger partial charge in [-0.3, -0.25) is 4.79 Å². The van der Waals surface area contributed by atoms with Gasteiger partial charge in [0.1, 0.15) is 11.9 Å². The van der Waals surface area contributed by atoms with Crippen LogP contribution in [-0.2, 0) is 20.8 Å². The minimum atomic E-state index is -0.643. The second kappa shape index (κ2) is 7.77. The number of aromatic amines is 1. The van der Waals surface area contributed by atoms with Gasteiger partial charge in [-0.1, -0.05) is 30.3 Å². The normalized spacial score (nSPS) is 24.4. The van der Waals surface area contributed by atoms with Crippen LogP contribution in [0, 0.1) is 11.7 Å². The third-order valence-corrected chi connectivity index (χ3v) is 6.23. The smallest absolute Gasteiger partial charge is 0.226 e. The molecule has 0 bridgehead atoms. The van der Waals surface area contributed by atoms with Gasteiger partial charge in [0.25, 0.3) is 0 Å². The molecule has 0 radical (unpaired) electrons. The Morgan fingerprint density at radius 3 is 2.77 bits per heavy atom. The summed E-state index contributed by atoms with van der Waals surface area (Å²) in [5.74, 6) is -0.580. The Morgan fingerprint density at radius 1 is 1.23 bits per heavy atom. The lowest BCUT2D eigenvalue weighted by Crippen LogP contribution is -2.39. The summed E-state index contributed by atoms with van der Waals surface area (Å²) in [5, 5.41) is 0.803. The fourth-order valence-electron chi connectivity index (χ4n) is 4.59. The summed E-state index contributed by atoms with van der Waals surface area (Å²) in [6.45, 7) is 5.07. The van der Waals surface area contributed by atoms with Crippen molar-refractivity contribution >= 4 is 16.8 Å². The quantitative estimate of drug-likeness (QED) is 0.632. The molecule has 0 unspecified atom stereocenters. The van der Waals surface area contributed by atoms with Crippen molar-refractivity contribution in [3.63, 3.8) is 0 Å². The van der Waals surface area contributed by atoms with E-state index in [1.807, 2.05) is 43.1 Å². The standard InChI is InChI=1S/C25H27FN2O3/c1-25(2)30-15-19(31-25)14-28(13-17-12-27-23-9-8-18(26)10-21(17)23)24(29)22-11-20(22)16-6-4-3-5-7-16/h3-10,12,19-20,22,27H,11,13-15H2,1-2H3/t19-,20+,22-/m1/s1. The first-order valence-corrected chi connectivity index (χ1v) is 10.8. The van der Waals surface area contributed by atoms with Gasteiger partial charge in [-0.05, 0) is 55.5 Å². The number of rotatable bonds is 6. The van der Waals surface area contributed by atoms with Gasteiger partial charge in [0, 0.05) is 36.1 Å². The molecule has 3 aromatic rings. The third kappa shape index (κ3) is 4.23. The fourth-order valence-corrected chi connectivity index (χ4v) is 4.59. The molecule has 1 saturated carbocycles. The lowest BCUT2D eigenvalue weighted by atomic mass is 10.1. The Hall–Kier alpha value is -2.70. The van der Waals surface area contributed by atoms with Crippen LogP contribution in [0.4, 0.5) is 4.39 Å². The maximum atomic E-state index is 13.8. The third-order valence-electron chi connectivity index (χ3n) is 6.23. The molecule has 5 rings (SSSR count). The molecule has 3 atom stereocenters. The van der Waals surface area contributed by atoms with Crippen LogP contribution in [0.3, 0.4) is 0 Å². The molecule has 1 aromatic heterocycles. The minimum Gasteiger partial charge on any atom is -0.361 e. The van der Waals surface area contributed by atoms with E-state index in [9.17, 15) is 9.18 Å². The summed E-state index contributed by atoms with van der Waals surface area (Å²) in [4.78, 5) is 18.6. The van der Waals surface area contributed by atoms with E-state index in [-0.39, 0.29) is 29.7 Å². The van der Waals surface area contributed by atoms with Crippen LogP contribution in [-0.4, -0.2) is 40.8 Å². The van der Waals surface area contributed by atoms with Gasteiger partial charge < -0.3 is 19.4 Å². The summed E-state index contributed by atoms with van der Waals surface area (Å²) < 4.78 is 25.5. The molecule has 5 nitrogen and oxygen atoms in total. The Labute approximate surface area is 181 Å². The van der Waals surface area contributed by atoms with Gasteiger partial charge in [-0.25, -0.2) is 4.39 Å². The SMILES string of the molecule is CC1(C)OC[C@@H](CN(Cc2c[nH]c3ccc(F)cc23)C(=O)[C@@H]2C[C@H]2c2ccccc2)O1. The van der Waals surface area contributed by atoms with Crippen molar-refractivity contribution in [1.82, 2.24) is 9.88 Å². The highest BCUT2D eigenvalue weighted by atomic mass is 19.1. The number of hydrogen-bond acceptors (Lipinski definition) is 3. The van der Waals surface area contributed by atoms with Crippen molar-refractivity contribution in [2.24, 2.45) is 5.92 Å². The number of nitrogens with zero attached hydrogens (tertiary/aromatic N) is 1. The molecule has 1 N–H and O–H groups in total. The van der Waals surface area contributed by atoms with Gasteiger partial charge in [0.15, 0.2) is 5.79 Å². The number of halogens is 1. The van der Waals surface area contributed by atoms with E-state index in [0.29, 0.717) is 19.7 Å². The summed E-state index contributed by atoms with van der Waals surface area (Å²) >= 11 is 0. The average Bonchev–Trinajstić information content (AvgIpc) is 3.36. The number of amides is 1. The Balaban J connectivity index is 1.38. The maximum Gasteiger partial charge on any atom is 0.226 e. The predicted molar refractivity (Wildman–Crippen MR) is 116 cm³/mol. The average molecular weight is 423 g/mol. The van der Waals surface area contributed by atoms with Crippen molar-refractivity contribution < 1.29 is 18.7 Å². The zero-order valence-electron chi connectivity index (χ0n) is 17.8. The number of carbonyl (C=O) groups excluding carboxylic acids is 1. The number of nitrogens with one attached hydrogen (secondary N) is 1. The second-order valence-corrected chi connectivity index (χ2v) is 9.03. The molecule has 31 heavy (non-hydrogen) atoms. The van der Waals surface area contributed by atoms with Crippen LogP contribution in [0.1, 0.15) is 37.3 Å². The fraction of sp³-hybridized carbons (Fsp3) is 0.400. The zero-order chi connectivity index (χ0) is 21.6. The van der Waals surface area contributed by atoms with Crippen molar-refractivity contribution in [3.8, 4) is 0 Å². The molecule has 1 aliphatic heterocycles. The highest BCUT2D eigenvalue weighted by molar-refractivity contribution is 5.86. The van der Waals surface area contributed by atoms with E-state index in [4.69, 9.17) is 9.47 Å². The van der Waals surface area contributed by atoms with Crippen LogP contribution < -0.4 is 0 Å². The Morgan fingerprint density at radius 2 is 2.03 bits per heavy atom. The summed E-state index contributed by atoms with van der Waals surface area (Å²) in [6.07, 6.45) is 2.53. The second-order valence-electron chi connectivity index (χ2n) is 9.03. The number of fused-ring (bicyclic) bond motifs is 1. The molecule has 1 amide bonds. The van der Waals surface area contributed by atoms with E-state index in [1.165, 1.54) is 17.7 Å². The molecule has 2 heterocycles. The van der Waals surface area contributed by atoms with Crippen molar-refractivity contribution in [2.45, 2.75) is 44.6 Å². The highest BCUT2D eigenvalue weighted by Crippen LogP contribution is 2.48. The molecule has 1 aliphatic carbocycles. The highest BCUT2D eigenvalue weighted by Gasteiger charge is 2.46. The minimum absolute atomic E-state index is 0.0281. The van der Waals surface area contributed by atoms with Gasteiger partial charge in [0.05, 0.1) is 6.61 Å². The van der Waals surface area contributed by atoms with Crippen LogP contribution >= 0.6 is 0 Å². The topological polar surface area (TPSA) is 54.6 Å². The number of H-pyrrole nitrogens is 1. The first-order chi connectivity index (χ1) is 14.9. The summed E-state index contributed by atoms with van der Waals surface area (Å²) in [7, 11) is 0. The predicted octanol–water partition coefficient (Wildman–Crippen LogP) is 4.59. The molecule has 2 aromatic carbocycles. The number of aromatic nitrogens is 1. The summed E-state index contributed by atoms with van der Waals surface area (Å²) in [6, 6.07) is 14.9. The van der Waals surface area contributed by atoms with Crippen molar-refractivity contribution in [1.29, 1.82) is 0 Å². The number of ether oxygens (including phenoxy) is 2. The van der Waals surface area contributed by atoms with Crippen LogP contribution in [0.15, 0.2) is 54.7 Å². The van der Waals surface area contributed by atoms with Gasteiger partial charge in [0.2, 0.25) is 5.91 Å². The number of carbonyl (C=O) groups is 1. The van der Waals surface area contributed by atoms with Crippen molar-refractivity contribution in [2.75, 3.05) is 13.2 Å². The van der Waals surface area contributed by atoms with Gasteiger partial charge >= 0.3 is 0 Å². The van der Waals surface area contributed by atoms with Crippen molar-refractivity contribution in [3.05, 3.63) is 71.7 Å². The molecular formula is C25H27FN2O3. The first-order valence-electron chi connectivity index (χ1n) is 10.8. The zero-order valence-corrected chi connectivity index (χ0v) is 17.8. The van der Waals surface area contributed by atoms with Crippen LogP contribution in [0.25, 0.3) is 10.9 Å². The Kier molecular flexibility index (Phi) is 5.07. The monoisotopic (exact) mass is 422 g/mol. The maximum absolute atomic E-state index is 13.8. The lowest BCUT2D eigenvalue weighted by molar-refractivity contribution is -0.147. The van der Waals surface area contributed by atoms with E-state index in [1.54, 1.807) is 6.07 Å². The van der Waals surface area contributed by atoms with Crippen LogP contribution in [0.2, 0.25) is 0 Å². The Bertz CT molecular complexity index is 1090. The van der Waals surface area contributed by atoms with Gasteiger partial charge in [-0.15, -0.1) is 0 Å². The van der Waals surface area contributed by atoms with E-state index < -0.39 is 5.79 Å². The summed E-state index contributed by atoms with van der Waals surface area (Å²) in [5.41, 5.74) is 2.97. The molecule has 2 aliphatic rings.